The van der Waals surface area contributed by atoms with E-state index in [1.165, 1.54) is 17.0 Å². The van der Waals surface area contributed by atoms with E-state index in [9.17, 15) is 13.6 Å². The maximum atomic E-state index is 15.0. The molecule has 0 fully saturated rings. The van der Waals surface area contributed by atoms with E-state index in [-0.39, 0.29) is 18.0 Å². The standard InChI is InChI=1S/C23H20F2N4O/c1-3-28-8-7-14-11-29(23(30)22(14)28)13-18-19(24)9-15(10-20(18)25)16-5-4-6-21-17(16)12-27(2)26-21/h4-10,12H,3,11,13H2,1-2H3. The number of nitrogens with zero attached hydrogens (tertiary/aromatic N) is 4. The van der Waals surface area contributed by atoms with Gasteiger partial charge in [-0.2, -0.15) is 5.10 Å². The predicted molar refractivity (Wildman–Crippen MR) is 110 cm³/mol. The van der Waals surface area contributed by atoms with Gasteiger partial charge in [0, 0.05) is 49.0 Å². The number of aryl methyl sites for hydroxylation is 2. The minimum Gasteiger partial charge on any atom is -0.344 e. The second-order valence-electron chi connectivity index (χ2n) is 7.60. The molecule has 30 heavy (non-hydrogen) atoms. The van der Waals surface area contributed by atoms with Crippen molar-refractivity contribution >= 4 is 16.8 Å². The maximum Gasteiger partial charge on any atom is 0.271 e. The normalized spacial score (nSPS) is 13.5. The van der Waals surface area contributed by atoms with Gasteiger partial charge in [-0.3, -0.25) is 9.48 Å². The summed E-state index contributed by atoms with van der Waals surface area (Å²) in [6.07, 6.45) is 3.70. The number of hydrogen-bond acceptors (Lipinski definition) is 2. The first kappa shape index (κ1) is 18.5. The van der Waals surface area contributed by atoms with Crippen LogP contribution in [0.3, 0.4) is 0 Å². The van der Waals surface area contributed by atoms with Crippen LogP contribution in [0.2, 0.25) is 0 Å². The molecule has 2 aromatic carbocycles. The molecule has 1 aliphatic rings. The molecule has 0 saturated carbocycles. The number of carbonyl (C=O) groups excluding carboxylic acids is 1. The molecule has 0 bridgehead atoms. The summed E-state index contributed by atoms with van der Waals surface area (Å²) in [7, 11) is 1.81. The molecule has 1 amide bonds. The van der Waals surface area contributed by atoms with Crippen LogP contribution in [0.1, 0.15) is 28.5 Å². The third-order valence-electron chi connectivity index (χ3n) is 5.70. The van der Waals surface area contributed by atoms with Crippen LogP contribution in [0.4, 0.5) is 8.78 Å². The summed E-state index contributed by atoms with van der Waals surface area (Å²) in [5.74, 6) is -1.51. The molecule has 0 radical (unpaired) electrons. The monoisotopic (exact) mass is 406 g/mol. The average molecular weight is 406 g/mol. The molecule has 3 heterocycles. The molecule has 7 heteroatoms. The van der Waals surface area contributed by atoms with Crippen LogP contribution in [0.25, 0.3) is 22.0 Å². The van der Waals surface area contributed by atoms with Crippen LogP contribution in [0.15, 0.2) is 48.8 Å². The molecule has 0 unspecified atom stereocenters. The van der Waals surface area contributed by atoms with Crippen LogP contribution in [0, 0.1) is 11.6 Å². The van der Waals surface area contributed by atoms with Crippen molar-refractivity contribution in [1.29, 1.82) is 0 Å². The van der Waals surface area contributed by atoms with Gasteiger partial charge in [-0.1, -0.05) is 12.1 Å². The molecule has 0 atom stereocenters. The van der Waals surface area contributed by atoms with Gasteiger partial charge < -0.3 is 9.47 Å². The van der Waals surface area contributed by atoms with E-state index in [4.69, 9.17) is 0 Å². The van der Waals surface area contributed by atoms with Crippen molar-refractivity contribution < 1.29 is 13.6 Å². The van der Waals surface area contributed by atoms with E-state index in [0.717, 1.165) is 16.5 Å². The Labute approximate surface area is 172 Å². The first-order chi connectivity index (χ1) is 14.5. The average Bonchev–Trinajstić information content (AvgIpc) is 3.38. The van der Waals surface area contributed by atoms with Gasteiger partial charge in [0.2, 0.25) is 0 Å². The number of rotatable bonds is 4. The minimum absolute atomic E-state index is 0.0985. The van der Waals surface area contributed by atoms with E-state index < -0.39 is 11.6 Å². The smallest absolute Gasteiger partial charge is 0.271 e. The van der Waals surface area contributed by atoms with Crippen LogP contribution in [-0.2, 0) is 26.7 Å². The Hall–Kier alpha value is -3.48. The topological polar surface area (TPSA) is 43.1 Å². The summed E-state index contributed by atoms with van der Waals surface area (Å²) in [5, 5.41) is 5.18. The van der Waals surface area contributed by atoms with E-state index in [1.54, 1.807) is 11.7 Å². The molecular formula is C23H20F2N4O. The van der Waals surface area contributed by atoms with E-state index in [0.29, 0.717) is 29.9 Å². The largest absolute Gasteiger partial charge is 0.344 e. The first-order valence-electron chi connectivity index (χ1n) is 9.84. The molecule has 5 nitrogen and oxygen atoms in total. The fourth-order valence-corrected chi connectivity index (χ4v) is 4.24. The molecule has 152 valence electrons. The van der Waals surface area contributed by atoms with Crippen molar-refractivity contribution in [1.82, 2.24) is 19.2 Å². The van der Waals surface area contributed by atoms with Crippen LogP contribution in [-0.4, -0.2) is 25.2 Å². The fraction of sp³-hybridized carbons (Fsp3) is 0.217. The molecule has 0 N–H and O–H groups in total. The number of benzene rings is 2. The summed E-state index contributed by atoms with van der Waals surface area (Å²) in [6.45, 7) is 2.88. The number of amides is 1. The Morgan fingerprint density at radius 1 is 1.13 bits per heavy atom. The Kier molecular flexibility index (Phi) is 4.20. The van der Waals surface area contributed by atoms with Gasteiger partial charge in [-0.15, -0.1) is 0 Å². The molecule has 4 aromatic rings. The fourth-order valence-electron chi connectivity index (χ4n) is 4.24. The lowest BCUT2D eigenvalue weighted by Crippen LogP contribution is -2.26. The Balaban J connectivity index is 1.48. The van der Waals surface area contributed by atoms with Crippen molar-refractivity contribution in [2.24, 2.45) is 7.05 Å². The number of aromatic nitrogens is 3. The van der Waals surface area contributed by atoms with E-state index in [1.807, 2.05) is 48.1 Å². The summed E-state index contributed by atoms with van der Waals surface area (Å²) >= 11 is 0. The maximum absolute atomic E-state index is 15.0. The number of hydrogen-bond donors (Lipinski definition) is 0. The lowest BCUT2D eigenvalue weighted by molar-refractivity contribution is 0.0754. The zero-order valence-corrected chi connectivity index (χ0v) is 16.7. The second-order valence-corrected chi connectivity index (χ2v) is 7.60. The zero-order valence-electron chi connectivity index (χ0n) is 16.7. The van der Waals surface area contributed by atoms with Crippen molar-refractivity contribution in [3.63, 3.8) is 0 Å². The second kappa shape index (κ2) is 6.79. The van der Waals surface area contributed by atoms with Crippen molar-refractivity contribution in [3.05, 3.63) is 77.2 Å². The Bertz CT molecular complexity index is 1280. The summed E-state index contributed by atoms with van der Waals surface area (Å²) < 4.78 is 33.5. The predicted octanol–water partition coefficient (Wildman–Crippen LogP) is 4.50. The highest BCUT2D eigenvalue weighted by Gasteiger charge is 2.31. The molecule has 0 aliphatic carbocycles. The highest BCUT2D eigenvalue weighted by molar-refractivity contribution is 5.97. The number of halogens is 2. The molecular weight excluding hydrogens is 386 g/mol. The molecule has 0 spiro atoms. The molecule has 1 aliphatic heterocycles. The minimum atomic E-state index is -0.659. The lowest BCUT2D eigenvalue weighted by atomic mass is 9.99. The van der Waals surface area contributed by atoms with Crippen LogP contribution < -0.4 is 0 Å². The summed E-state index contributed by atoms with van der Waals surface area (Å²) in [4.78, 5) is 14.2. The Morgan fingerprint density at radius 3 is 2.63 bits per heavy atom. The van der Waals surface area contributed by atoms with Crippen LogP contribution >= 0.6 is 0 Å². The molecule has 0 saturated heterocycles. The third kappa shape index (κ3) is 2.81. The summed E-state index contributed by atoms with van der Waals surface area (Å²) in [6, 6.07) is 10.1. The highest BCUT2D eigenvalue weighted by Crippen LogP contribution is 2.32. The molecule has 5 rings (SSSR count). The van der Waals surface area contributed by atoms with Gasteiger partial charge in [0.05, 0.1) is 12.1 Å². The van der Waals surface area contributed by atoms with Gasteiger partial charge >= 0.3 is 0 Å². The van der Waals surface area contributed by atoms with E-state index in [2.05, 4.69) is 5.10 Å². The quantitative estimate of drug-likeness (QED) is 0.501. The number of fused-ring (bicyclic) bond motifs is 2. The SMILES string of the molecule is CCn1ccc2c1C(=O)N(Cc1c(F)cc(-c3cccc4nn(C)cc34)cc1F)C2. The third-order valence-corrected chi connectivity index (χ3v) is 5.70. The van der Waals surface area contributed by atoms with Crippen LogP contribution in [0.5, 0.6) is 0 Å². The van der Waals surface area contributed by atoms with Crippen molar-refractivity contribution in [3.8, 4) is 11.1 Å². The molecule has 2 aromatic heterocycles. The lowest BCUT2D eigenvalue weighted by Gasteiger charge is -2.18. The van der Waals surface area contributed by atoms with E-state index >= 15 is 0 Å². The Morgan fingerprint density at radius 2 is 1.90 bits per heavy atom. The van der Waals surface area contributed by atoms with Gasteiger partial charge in [-0.05, 0) is 42.3 Å². The van der Waals surface area contributed by atoms with Gasteiger partial charge in [0.25, 0.3) is 5.91 Å². The summed E-state index contributed by atoms with van der Waals surface area (Å²) in [5.41, 5.74) is 3.32. The van der Waals surface area contributed by atoms with Crippen molar-refractivity contribution in [2.75, 3.05) is 0 Å². The highest BCUT2D eigenvalue weighted by atomic mass is 19.1. The van der Waals surface area contributed by atoms with Crippen molar-refractivity contribution in [2.45, 2.75) is 26.6 Å². The van der Waals surface area contributed by atoms with Gasteiger partial charge in [-0.25, -0.2) is 8.78 Å². The zero-order chi connectivity index (χ0) is 21.0. The number of carbonyl (C=O) groups is 1. The first-order valence-corrected chi connectivity index (χ1v) is 9.84. The van der Waals surface area contributed by atoms with Gasteiger partial charge in [0.15, 0.2) is 0 Å². The van der Waals surface area contributed by atoms with Gasteiger partial charge in [0.1, 0.15) is 17.3 Å².